The van der Waals surface area contributed by atoms with Gasteiger partial charge in [-0.05, 0) is 16.9 Å². The van der Waals surface area contributed by atoms with E-state index in [2.05, 4.69) is 32.9 Å². The zero-order valence-corrected chi connectivity index (χ0v) is 10.7. The van der Waals surface area contributed by atoms with Crippen LogP contribution in [0.3, 0.4) is 0 Å². The van der Waals surface area contributed by atoms with E-state index in [1.807, 2.05) is 25.1 Å². The molecule has 16 heavy (non-hydrogen) atoms. The van der Waals surface area contributed by atoms with Crippen molar-refractivity contribution in [1.82, 2.24) is 0 Å². The second kappa shape index (κ2) is 5.29. The van der Waals surface area contributed by atoms with Crippen molar-refractivity contribution in [2.45, 2.75) is 40.0 Å². The molecule has 1 aromatic rings. The van der Waals surface area contributed by atoms with E-state index in [0.717, 1.165) is 12.7 Å². The lowest BCUT2D eigenvalue weighted by atomic mass is 9.68. The third kappa shape index (κ3) is 2.72. The topological polar surface area (TPSA) is 17.1 Å². The molecule has 0 aliphatic rings. The summed E-state index contributed by atoms with van der Waals surface area (Å²) >= 11 is 0. The Morgan fingerprint density at radius 1 is 1.25 bits per heavy atom. The highest BCUT2D eigenvalue weighted by atomic mass is 16.1. The van der Waals surface area contributed by atoms with Crippen molar-refractivity contribution in [2.24, 2.45) is 11.3 Å². The molecule has 0 aliphatic heterocycles. The molecule has 0 bridgehead atoms. The number of hydrogen-bond donors (Lipinski definition) is 0. The number of hydrogen-bond acceptors (Lipinski definition) is 1. The maximum absolute atomic E-state index is 11.1. The summed E-state index contributed by atoms with van der Waals surface area (Å²) in [5.41, 5.74) is 1.43. The van der Waals surface area contributed by atoms with Gasteiger partial charge in [0.15, 0.2) is 0 Å². The molecule has 0 heterocycles. The minimum Gasteiger partial charge on any atom is -0.303 e. The third-order valence-corrected chi connectivity index (χ3v) is 3.65. The van der Waals surface area contributed by atoms with Crippen LogP contribution >= 0.6 is 0 Å². The lowest BCUT2D eigenvalue weighted by Gasteiger charge is -2.36. The molecule has 1 heteroatoms. The highest BCUT2D eigenvalue weighted by Gasteiger charge is 2.33. The lowest BCUT2D eigenvalue weighted by molar-refractivity contribution is -0.112. The van der Waals surface area contributed by atoms with E-state index in [0.29, 0.717) is 5.92 Å². The Labute approximate surface area is 98.9 Å². The standard InChI is InChI=1S/C15H22O/c1-5-15(3,4)14(12(2)11-16)13-9-7-6-8-10-13/h6-12,14H,5H2,1-4H3. The molecule has 0 spiro atoms. The quantitative estimate of drug-likeness (QED) is 0.682. The van der Waals surface area contributed by atoms with Crippen LogP contribution in [0.25, 0.3) is 0 Å². The first-order valence-electron chi connectivity index (χ1n) is 6.03. The normalized spacial score (nSPS) is 15.5. The van der Waals surface area contributed by atoms with Gasteiger partial charge in [0.1, 0.15) is 6.29 Å². The molecule has 1 rings (SSSR count). The Morgan fingerprint density at radius 3 is 2.25 bits per heavy atom. The van der Waals surface area contributed by atoms with E-state index in [1.165, 1.54) is 5.56 Å². The fraction of sp³-hybridized carbons (Fsp3) is 0.533. The van der Waals surface area contributed by atoms with Gasteiger partial charge in [-0.2, -0.15) is 0 Å². The first-order chi connectivity index (χ1) is 7.53. The molecule has 2 atom stereocenters. The largest absolute Gasteiger partial charge is 0.303 e. The van der Waals surface area contributed by atoms with Crippen molar-refractivity contribution < 1.29 is 4.79 Å². The molecule has 0 saturated carbocycles. The maximum atomic E-state index is 11.1. The van der Waals surface area contributed by atoms with Gasteiger partial charge < -0.3 is 4.79 Å². The summed E-state index contributed by atoms with van der Waals surface area (Å²) in [5, 5.41) is 0. The summed E-state index contributed by atoms with van der Waals surface area (Å²) in [5.74, 6) is 0.369. The van der Waals surface area contributed by atoms with E-state index in [-0.39, 0.29) is 11.3 Å². The van der Waals surface area contributed by atoms with Crippen molar-refractivity contribution >= 4 is 6.29 Å². The molecule has 0 amide bonds. The Balaban J connectivity index is 3.11. The van der Waals surface area contributed by atoms with Gasteiger partial charge in [-0.3, -0.25) is 0 Å². The monoisotopic (exact) mass is 218 g/mol. The highest BCUT2D eigenvalue weighted by molar-refractivity contribution is 5.55. The average molecular weight is 218 g/mol. The number of carbonyl (C=O) groups is 1. The molecule has 2 unspecified atom stereocenters. The minimum absolute atomic E-state index is 0.0670. The third-order valence-electron chi connectivity index (χ3n) is 3.65. The number of aldehydes is 1. The summed E-state index contributed by atoms with van der Waals surface area (Å²) < 4.78 is 0. The van der Waals surface area contributed by atoms with Gasteiger partial charge in [0.25, 0.3) is 0 Å². The van der Waals surface area contributed by atoms with E-state index in [4.69, 9.17) is 0 Å². The zero-order valence-electron chi connectivity index (χ0n) is 10.7. The van der Waals surface area contributed by atoms with Gasteiger partial charge in [-0.15, -0.1) is 0 Å². The Kier molecular flexibility index (Phi) is 4.28. The average Bonchev–Trinajstić information content (AvgIpc) is 2.30. The molecule has 0 N–H and O–H groups in total. The predicted molar refractivity (Wildman–Crippen MR) is 68.5 cm³/mol. The van der Waals surface area contributed by atoms with Gasteiger partial charge in [-0.25, -0.2) is 0 Å². The van der Waals surface area contributed by atoms with Crippen LogP contribution in [0.1, 0.15) is 45.6 Å². The summed E-state index contributed by atoms with van der Waals surface area (Å²) in [6, 6.07) is 10.4. The van der Waals surface area contributed by atoms with Crippen molar-refractivity contribution in [3.63, 3.8) is 0 Å². The Morgan fingerprint density at radius 2 is 1.81 bits per heavy atom. The molecule has 1 nitrogen and oxygen atoms in total. The second-order valence-electron chi connectivity index (χ2n) is 5.23. The van der Waals surface area contributed by atoms with Crippen LogP contribution in [0.2, 0.25) is 0 Å². The van der Waals surface area contributed by atoms with Crippen LogP contribution in [-0.2, 0) is 4.79 Å². The Hall–Kier alpha value is -1.11. The van der Waals surface area contributed by atoms with E-state index in [9.17, 15) is 4.79 Å². The van der Waals surface area contributed by atoms with Gasteiger partial charge >= 0.3 is 0 Å². The Bertz CT molecular complexity index is 327. The molecule has 0 aromatic heterocycles. The molecule has 0 aliphatic carbocycles. The van der Waals surface area contributed by atoms with Crippen molar-refractivity contribution in [2.75, 3.05) is 0 Å². The van der Waals surface area contributed by atoms with Gasteiger partial charge in [0.2, 0.25) is 0 Å². The summed E-state index contributed by atoms with van der Waals surface area (Å²) in [7, 11) is 0. The van der Waals surface area contributed by atoms with Gasteiger partial charge in [0.05, 0.1) is 0 Å². The maximum Gasteiger partial charge on any atom is 0.123 e. The first kappa shape index (κ1) is 13.0. The smallest absolute Gasteiger partial charge is 0.123 e. The molecular formula is C15H22O. The summed E-state index contributed by atoms with van der Waals surface area (Å²) in [4.78, 5) is 11.1. The molecule has 0 radical (unpaired) electrons. The van der Waals surface area contributed by atoms with Crippen molar-refractivity contribution in [3.8, 4) is 0 Å². The number of carbonyl (C=O) groups excluding carboxylic acids is 1. The van der Waals surface area contributed by atoms with Gasteiger partial charge in [0, 0.05) is 5.92 Å². The van der Waals surface area contributed by atoms with Crippen LogP contribution in [0.15, 0.2) is 30.3 Å². The van der Waals surface area contributed by atoms with E-state index >= 15 is 0 Å². The fourth-order valence-corrected chi connectivity index (χ4v) is 2.43. The minimum atomic E-state index is 0.0670. The highest BCUT2D eigenvalue weighted by Crippen LogP contribution is 2.42. The molecule has 0 saturated heterocycles. The predicted octanol–water partition coefficient (Wildman–Crippen LogP) is 4.04. The molecule has 1 aromatic carbocycles. The zero-order chi connectivity index (χ0) is 12.2. The van der Waals surface area contributed by atoms with Crippen molar-refractivity contribution in [3.05, 3.63) is 35.9 Å². The first-order valence-corrected chi connectivity index (χ1v) is 6.03. The second-order valence-corrected chi connectivity index (χ2v) is 5.23. The van der Waals surface area contributed by atoms with Crippen molar-refractivity contribution in [1.29, 1.82) is 0 Å². The van der Waals surface area contributed by atoms with E-state index < -0.39 is 0 Å². The summed E-state index contributed by atoms with van der Waals surface area (Å²) in [6.07, 6.45) is 2.15. The molecular weight excluding hydrogens is 196 g/mol. The lowest BCUT2D eigenvalue weighted by Crippen LogP contribution is -2.27. The van der Waals surface area contributed by atoms with E-state index in [1.54, 1.807) is 0 Å². The van der Waals surface area contributed by atoms with Crippen LogP contribution in [0, 0.1) is 11.3 Å². The number of rotatable bonds is 5. The molecule has 88 valence electrons. The van der Waals surface area contributed by atoms with Crippen LogP contribution in [0.4, 0.5) is 0 Å². The SMILES string of the molecule is CCC(C)(C)C(c1ccccc1)C(C)C=O. The number of benzene rings is 1. The fourth-order valence-electron chi connectivity index (χ4n) is 2.43. The van der Waals surface area contributed by atoms with Crippen LogP contribution in [0.5, 0.6) is 0 Å². The summed E-state index contributed by atoms with van der Waals surface area (Å²) in [6.45, 7) is 8.69. The molecule has 0 fully saturated rings. The van der Waals surface area contributed by atoms with Crippen LogP contribution in [-0.4, -0.2) is 6.29 Å². The van der Waals surface area contributed by atoms with Crippen LogP contribution < -0.4 is 0 Å². The van der Waals surface area contributed by atoms with Gasteiger partial charge in [-0.1, -0.05) is 64.4 Å².